The van der Waals surface area contributed by atoms with Crippen molar-refractivity contribution in [1.29, 1.82) is 0 Å². The number of aryl methyl sites for hydroxylation is 2. The molecule has 1 aliphatic rings. The van der Waals surface area contributed by atoms with Gasteiger partial charge in [0, 0.05) is 18.8 Å². The van der Waals surface area contributed by atoms with E-state index in [0.29, 0.717) is 43.4 Å². The van der Waals surface area contributed by atoms with Gasteiger partial charge in [-0.15, -0.1) is 0 Å². The number of amides is 2. The largest absolute Gasteiger partial charge is 0.493 e. The highest BCUT2D eigenvalue weighted by Crippen LogP contribution is 2.27. The molecule has 2 amide bonds. The van der Waals surface area contributed by atoms with Crippen molar-refractivity contribution in [2.45, 2.75) is 20.4 Å². The van der Waals surface area contributed by atoms with Crippen LogP contribution in [0.4, 0.5) is 0 Å². The maximum Gasteiger partial charge on any atom is 0.261 e. The maximum absolute atomic E-state index is 12.2. The van der Waals surface area contributed by atoms with Crippen molar-refractivity contribution in [2.24, 2.45) is 5.10 Å². The normalized spacial score (nSPS) is 14.0. The highest BCUT2D eigenvalue weighted by atomic mass is 16.5. The van der Waals surface area contributed by atoms with Crippen LogP contribution in [-0.4, -0.2) is 72.7 Å². The number of hydrogen-bond donors (Lipinski definition) is 1. The number of morpholine rings is 1. The van der Waals surface area contributed by atoms with E-state index in [0.717, 1.165) is 11.4 Å². The molecule has 10 nitrogen and oxygen atoms in total. The van der Waals surface area contributed by atoms with E-state index in [2.05, 4.69) is 15.6 Å². The molecule has 1 aliphatic heterocycles. The van der Waals surface area contributed by atoms with E-state index in [1.54, 1.807) is 27.8 Å². The summed E-state index contributed by atoms with van der Waals surface area (Å²) in [5.41, 5.74) is 4.95. The first-order chi connectivity index (χ1) is 15.0. The van der Waals surface area contributed by atoms with Crippen molar-refractivity contribution in [3.05, 3.63) is 41.2 Å². The molecule has 1 aromatic carbocycles. The summed E-state index contributed by atoms with van der Waals surface area (Å²) >= 11 is 0. The van der Waals surface area contributed by atoms with Crippen molar-refractivity contribution in [3.8, 4) is 11.5 Å². The fourth-order valence-electron chi connectivity index (χ4n) is 3.11. The molecule has 1 saturated heterocycles. The van der Waals surface area contributed by atoms with Gasteiger partial charge in [-0.3, -0.25) is 14.3 Å². The first kappa shape index (κ1) is 22.3. The molecule has 166 valence electrons. The molecule has 0 bridgehead atoms. The minimum absolute atomic E-state index is 0.0772. The molecule has 10 heteroatoms. The number of ether oxygens (including phenoxy) is 3. The summed E-state index contributed by atoms with van der Waals surface area (Å²) in [6.45, 7) is 6.00. The summed E-state index contributed by atoms with van der Waals surface area (Å²) in [4.78, 5) is 26.0. The first-order valence-corrected chi connectivity index (χ1v) is 9.95. The van der Waals surface area contributed by atoms with Crippen LogP contribution in [0.3, 0.4) is 0 Å². The third-order valence-electron chi connectivity index (χ3n) is 4.70. The lowest BCUT2D eigenvalue weighted by Crippen LogP contribution is -2.43. The number of aromatic nitrogens is 2. The molecule has 0 unspecified atom stereocenters. The van der Waals surface area contributed by atoms with Gasteiger partial charge in [-0.05, 0) is 43.7 Å². The molecule has 2 aromatic rings. The molecular weight excluding hydrogens is 402 g/mol. The molecule has 0 aliphatic carbocycles. The van der Waals surface area contributed by atoms with Crippen LogP contribution in [-0.2, 0) is 20.9 Å². The van der Waals surface area contributed by atoms with Gasteiger partial charge in [-0.1, -0.05) is 0 Å². The summed E-state index contributed by atoms with van der Waals surface area (Å²) in [5.74, 6) is 0.542. The Hall–Kier alpha value is -3.40. The first-order valence-electron chi connectivity index (χ1n) is 9.95. The number of benzene rings is 1. The van der Waals surface area contributed by atoms with Crippen LogP contribution in [0, 0.1) is 13.8 Å². The zero-order valence-electron chi connectivity index (χ0n) is 18.0. The summed E-state index contributed by atoms with van der Waals surface area (Å²) in [5, 5.41) is 8.23. The third kappa shape index (κ3) is 6.29. The molecule has 3 rings (SSSR count). The molecule has 1 N–H and O–H groups in total. The summed E-state index contributed by atoms with van der Waals surface area (Å²) in [6, 6.07) is 7.07. The summed E-state index contributed by atoms with van der Waals surface area (Å²) < 4.78 is 17.9. The zero-order valence-corrected chi connectivity index (χ0v) is 18.0. The van der Waals surface area contributed by atoms with Crippen molar-refractivity contribution >= 4 is 18.0 Å². The van der Waals surface area contributed by atoms with Crippen molar-refractivity contribution < 1.29 is 23.8 Å². The van der Waals surface area contributed by atoms with Gasteiger partial charge >= 0.3 is 0 Å². The van der Waals surface area contributed by atoms with Gasteiger partial charge in [0.25, 0.3) is 11.8 Å². The molecule has 0 spiro atoms. The molecular formula is C21H27N5O5. The fourth-order valence-corrected chi connectivity index (χ4v) is 3.11. The second-order valence-corrected chi connectivity index (χ2v) is 7.07. The Bertz CT molecular complexity index is 950. The second-order valence-electron chi connectivity index (χ2n) is 7.07. The number of carbonyl (C=O) groups excluding carboxylic acids is 2. The Morgan fingerprint density at radius 2 is 2.00 bits per heavy atom. The van der Waals surface area contributed by atoms with Crippen LogP contribution in [0.1, 0.15) is 17.0 Å². The van der Waals surface area contributed by atoms with Crippen LogP contribution >= 0.6 is 0 Å². The summed E-state index contributed by atoms with van der Waals surface area (Å²) in [6.07, 6.45) is 1.50. The number of nitrogens with zero attached hydrogens (tertiary/aromatic N) is 4. The van der Waals surface area contributed by atoms with Crippen LogP contribution in [0.5, 0.6) is 11.5 Å². The van der Waals surface area contributed by atoms with Crippen LogP contribution in [0.15, 0.2) is 29.4 Å². The Balaban J connectivity index is 1.53. The van der Waals surface area contributed by atoms with Gasteiger partial charge in [0.15, 0.2) is 18.1 Å². The predicted molar refractivity (Wildman–Crippen MR) is 113 cm³/mol. The van der Waals surface area contributed by atoms with E-state index in [-0.39, 0.29) is 25.0 Å². The van der Waals surface area contributed by atoms with Gasteiger partial charge in [-0.25, -0.2) is 5.43 Å². The highest BCUT2D eigenvalue weighted by Gasteiger charge is 2.18. The van der Waals surface area contributed by atoms with Gasteiger partial charge in [0.05, 0.1) is 32.2 Å². The van der Waals surface area contributed by atoms with E-state index in [9.17, 15) is 9.59 Å². The Kier molecular flexibility index (Phi) is 7.60. The number of hydrogen-bond acceptors (Lipinski definition) is 7. The Morgan fingerprint density at radius 1 is 1.23 bits per heavy atom. The molecule has 0 atom stereocenters. The third-order valence-corrected chi connectivity index (χ3v) is 4.70. The second kappa shape index (κ2) is 10.6. The number of methoxy groups -OCH3 is 1. The number of rotatable bonds is 8. The fraction of sp³-hybridized carbons (Fsp3) is 0.429. The average Bonchev–Trinajstić information content (AvgIpc) is 3.09. The molecule has 1 aromatic heterocycles. The van der Waals surface area contributed by atoms with E-state index in [1.165, 1.54) is 13.3 Å². The summed E-state index contributed by atoms with van der Waals surface area (Å²) in [7, 11) is 1.52. The number of carbonyl (C=O) groups is 2. The quantitative estimate of drug-likeness (QED) is 0.494. The lowest BCUT2D eigenvalue weighted by molar-refractivity contribution is -0.137. The molecule has 0 saturated carbocycles. The average molecular weight is 429 g/mol. The van der Waals surface area contributed by atoms with Crippen molar-refractivity contribution in [2.75, 3.05) is 40.0 Å². The van der Waals surface area contributed by atoms with Crippen LogP contribution < -0.4 is 14.9 Å². The van der Waals surface area contributed by atoms with E-state index >= 15 is 0 Å². The van der Waals surface area contributed by atoms with E-state index in [4.69, 9.17) is 14.2 Å². The minimum Gasteiger partial charge on any atom is -0.493 e. The Morgan fingerprint density at radius 3 is 2.68 bits per heavy atom. The predicted octanol–water partition coefficient (Wildman–Crippen LogP) is 0.896. The molecule has 31 heavy (non-hydrogen) atoms. The molecule has 1 fully saturated rings. The topological polar surface area (TPSA) is 107 Å². The lowest BCUT2D eigenvalue weighted by atomic mass is 10.2. The van der Waals surface area contributed by atoms with Crippen LogP contribution in [0.2, 0.25) is 0 Å². The monoisotopic (exact) mass is 429 g/mol. The van der Waals surface area contributed by atoms with Crippen LogP contribution in [0.25, 0.3) is 0 Å². The number of nitrogens with one attached hydrogen (secondary N) is 1. The van der Waals surface area contributed by atoms with Gasteiger partial charge < -0.3 is 19.1 Å². The molecule has 0 radical (unpaired) electrons. The smallest absolute Gasteiger partial charge is 0.261 e. The van der Waals surface area contributed by atoms with Crippen molar-refractivity contribution in [1.82, 2.24) is 20.1 Å². The van der Waals surface area contributed by atoms with Crippen molar-refractivity contribution in [3.63, 3.8) is 0 Å². The van der Waals surface area contributed by atoms with Gasteiger partial charge in [-0.2, -0.15) is 10.2 Å². The maximum atomic E-state index is 12.2. The van der Waals surface area contributed by atoms with Gasteiger partial charge in [0.2, 0.25) is 0 Å². The number of hydrazone groups is 1. The minimum atomic E-state index is -0.281. The lowest BCUT2D eigenvalue weighted by Gasteiger charge is -2.26. The molecule has 2 heterocycles. The Labute approximate surface area is 180 Å². The standard InChI is InChI=1S/C21H27N5O5/c1-15-10-16(2)26(24-15)13-20(27)23-22-12-17-4-5-18(19(11-17)29-3)31-14-21(28)25-6-8-30-9-7-25/h4-5,10-12H,6-9,13-14H2,1-3H3,(H,23,27)/b22-12+. The van der Waals surface area contributed by atoms with Gasteiger partial charge in [0.1, 0.15) is 6.54 Å². The highest BCUT2D eigenvalue weighted by molar-refractivity contribution is 5.83. The van der Waals surface area contributed by atoms with E-state index < -0.39 is 0 Å². The SMILES string of the molecule is COc1cc(/C=N/NC(=O)Cn2nc(C)cc2C)ccc1OCC(=O)N1CCOCC1. The van der Waals surface area contributed by atoms with E-state index in [1.807, 2.05) is 19.9 Å². The zero-order chi connectivity index (χ0) is 22.2.